The number of hydrogen-bond acceptors (Lipinski definition) is 4. The molecule has 0 aliphatic rings. The third kappa shape index (κ3) is 5.10. The van der Waals surface area contributed by atoms with Gasteiger partial charge < -0.3 is 9.47 Å². The molecule has 0 atom stereocenters. The first-order chi connectivity index (χ1) is 12.1. The van der Waals surface area contributed by atoms with Gasteiger partial charge in [-0.1, -0.05) is 36.7 Å². The van der Waals surface area contributed by atoms with Crippen molar-refractivity contribution in [3.8, 4) is 17.6 Å². The van der Waals surface area contributed by atoms with Crippen LogP contribution in [0, 0.1) is 11.3 Å². The van der Waals surface area contributed by atoms with Crippen molar-refractivity contribution in [3.63, 3.8) is 0 Å². The van der Waals surface area contributed by atoms with E-state index in [0.29, 0.717) is 34.9 Å². The van der Waals surface area contributed by atoms with Crippen molar-refractivity contribution in [1.82, 2.24) is 0 Å². The van der Waals surface area contributed by atoms with Crippen molar-refractivity contribution >= 4 is 29.2 Å². The molecule has 0 bridgehead atoms. The van der Waals surface area contributed by atoms with E-state index in [9.17, 15) is 10.1 Å². The Bertz CT molecular complexity index is 820. The van der Waals surface area contributed by atoms with Gasteiger partial charge in [0.05, 0.1) is 18.8 Å². The molecule has 25 heavy (non-hydrogen) atoms. The molecule has 0 aliphatic carbocycles. The summed E-state index contributed by atoms with van der Waals surface area (Å²) < 4.78 is 10.6. The van der Waals surface area contributed by atoms with Crippen LogP contribution in [0.25, 0.3) is 11.6 Å². The quantitative estimate of drug-likeness (QED) is 0.312. The number of carbonyl (C=O) groups is 1. The van der Waals surface area contributed by atoms with E-state index in [1.54, 1.807) is 48.5 Å². The van der Waals surface area contributed by atoms with Crippen molar-refractivity contribution in [3.05, 3.63) is 58.6 Å². The zero-order valence-electron chi connectivity index (χ0n) is 14.1. The average Bonchev–Trinajstić information content (AvgIpc) is 2.61. The van der Waals surface area contributed by atoms with Crippen LogP contribution >= 0.6 is 11.6 Å². The molecule has 0 unspecified atom stereocenters. The smallest absolute Gasteiger partial charge is 0.311 e. The lowest BCUT2D eigenvalue weighted by Crippen LogP contribution is -2.07. The van der Waals surface area contributed by atoms with E-state index in [2.05, 4.69) is 6.07 Å². The molecule has 2 rings (SSSR count). The number of nitrogens with zero attached hydrogens (tertiary/aromatic N) is 1. The average molecular weight is 356 g/mol. The molecule has 0 saturated carbocycles. The number of ether oxygens (including phenoxy) is 2. The Morgan fingerprint density at radius 1 is 1.20 bits per heavy atom. The summed E-state index contributed by atoms with van der Waals surface area (Å²) >= 11 is 5.88. The normalized spacial score (nSPS) is 10.9. The summed E-state index contributed by atoms with van der Waals surface area (Å²) in [7, 11) is 1.50. The van der Waals surface area contributed by atoms with Gasteiger partial charge >= 0.3 is 5.97 Å². The molecule has 0 saturated heterocycles. The molecule has 0 N–H and O–H groups in total. The SMILES string of the molecule is CCCC(=O)Oc1ccc(C=C(C#N)c2ccc(Cl)cc2)cc1OC. The molecule has 0 spiro atoms. The van der Waals surface area contributed by atoms with E-state index in [4.69, 9.17) is 21.1 Å². The summed E-state index contributed by atoms with van der Waals surface area (Å²) in [5.41, 5.74) is 2.03. The van der Waals surface area contributed by atoms with E-state index >= 15 is 0 Å². The van der Waals surface area contributed by atoms with Crippen LogP contribution in [0.5, 0.6) is 11.5 Å². The van der Waals surface area contributed by atoms with Crippen LogP contribution in [-0.2, 0) is 4.79 Å². The number of methoxy groups -OCH3 is 1. The Morgan fingerprint density at radius 2 is 1.92 bits per heavy atom. The lowest BCUT2D eigenvalue weighted by Gasteiger charge is -2.10. The fourth-order valence-electron chi connectivity index (χ4n) is 2.21. The number of rotatable bonds is 6. The first-order valence-electron chi connectivity index (χ1n) is 7.83. The highest BCUT2D eigenvalue weighted by Gasteiger charge is 2.10. The van der Waals surface area contributed by atoms with Crippen LogP contribution in [0.3, 0.4) is 0 Å². The second kappa shape index (κ2) is 8.91. The second-order valence-electron chi connectivity index (χ2n) is 5.31. The van der Waals surface area contributed by atoms with Crippen LogP contribution in [0.4, 0.5) is 0 Å². The van der Waals surface area contributed by atoms with Gasteiger partial charge in [-0.3, -0.25) is 4.79 Å². The Hall–Kier alpha value is -2.77. The first-order valence-corrected chi connectivity index (χ1v) is 8.21. The Kier molecular flexibility index (Phi) is 6.62. The van der Waals surface area contributed by atoms with E-state index in [1.165, 1.54) is 7.11 Å². The second-order valence-corrected chi connectivity index (χ2v) is 5.75. The van der Waals surface area contributed by atoms with Crippen molar-refractivity contribution in [2.45, 2.75) is 19.8 Å². The minimum Gasteiger partial charge on any atom is -0.493 e. The first kappa shape index (κ1) is 18.6. The molecule has 0 amide bonds. The van der Waals surface area contributed by atoms with E-state index in [-0.39, 0.29) is 5.97 Å². The number of halogens is 1. The van der Waals surface area contributed by atoms with Crippen molar-refractivity contribution in [2.75, 3.05) is 7.11 Å². The summed E-state index contributed by atoms with van der Waals surface area (Å²) in [4.78, 5) is 11.7. The summed E-state index contributed by atoms with van der Waals surface area (Å²) in [6, 6.07) is 14.4. The van der Waals surface area contributed by atoms with Crippen LogP contribution in [0.2, 0.25) is 5.02 Å². The highest BCUT2D eigenvalue weighted by atomic mass is 35.5. The number of hydrogen-bond donors (Lipinski definition) is 0. The van der Waals surface area contributed by atoms with E-state index in [0.717, 1.165) is 11.1 Å². The molecule has 0 fully saturated rings. The maximum atomic E-state index is 11.7. The van der Waals surface area contributed by atoms with Gasteiger partial charge in [0.2, 0.25) is 0 Å². The highest BCUT2D eigenvalue weighted by Crippen LogP contribution is 2.30. The van der Waals surface area contributed by atoms with Gasteiger partial charge in [-0.25, -0.2) is 0 Å². The summed E-state index contributed by atoms with van der Waals surface area (Å²) in [6.07, 6.45) is 2.80. The van der Waals surface area contributed by atoms with Crippen LogP contribution < -0.4 is 9.47 Å². The Balaban J connectivity index is 2.31. The Morgan fingerprint density at radius 3 is 2.52 bits per heavy atom. The lowest BCUT2D eigenvalue weighted by molar-refractivity contribution is -0.134. The maximum Gasteiger partial charge on any atom is 0.311 e. The molecule has 0 heterocycles. The van der Waals surface area contributed by atoms with Gasteiger partial charge in [0, 0.05) is 11.4 Å². The molecule has 128 valence electrons. The zero-order valence-corrected chi connectivity index (χ0v) is 14.8. The molecule has 4 nitrogen and oxygen atoms in total. The van der Waals surface area contributed by atoms with Gasteiger partial charge in [0.15, 0.2) is 11.5 Å². The largest absolute Gasteiger partial charge is 0.493 e. The molecular weight excluding hydrogens is 338 g/mol. The van der Waals surface area contributed by atoms with Crippen molar-refractivity contribution in [1.29, 1.82) is 5.26 Å². The summed E-state index contributed by atoms with van der Waals surface area (Å²) in [5, 5.41) is 10.0. The van der Waals surface area contributed by atoms with Gasteiger partial charge in [-0.2, -0.15) is 5.26 Å². The number of allylic oxidation sites excluding steroid dienone is 1. The maximum absolute atomic E-state index is 11.7. The topological polar surface area (TPSA) is 59.3 Å². The molecule has 0 aliphatic heterocycles. The number of benzene rings is 2. The van der Waals surface area contributed by atoms with Gasteiger partial charge in [0.1, 0.15) is 0 Å². The highest BCUT2D eigenvalue weighted by molar-refractivity contribution is 6.30. The van der Waals surface area contributed by atoms with Gasteiger partial charge in [-0.15, -0.1) is 0 Å². The summed E-state index contributed by atoms with van der Waals surface area (Å²) in [6.45, 7) is 1.91. The van der Waals surface area contributed by atoms with Crippen molar-refractivity contribution < 1.29 is 14.3 Å². The number of esters is 1. The van der Waals surface area contributed by atoms with E-state index in [1.807, 2.05) is 6.92 Å². The van der Waals surface area contributed by atoms with E-state index < -0.39 is 0 Å². The standard InChI is InChI=1S/C20H18ClNO3/c1-3-4-20(23)25-18-10-5-14(12-19(18)24-2)11-16(13-22)15-6-8-17(21)9-7-15/h5-12H,3-4H2,1-2H3. The predicted molar refractivity (Wildman–Crippen MR) is 98.5 cm³/mol. The summed E-state index contributed by atoms with van der Waals surface area (Å²) in [5.74, 6) is 0.498. The molecule has 5 heteroatoms. The minimum absolute atomic E-state index is 0.303. The third-order valence-electron chi connectivity index (χ3n) is 3.45. The minimum atomic E-state index is -0.303. The Labute approximate surface area is 152 Å². The number of carbonyl (C=O) groups excluding carboxylic acids is 1. The van der Waals surface area contributed by atoms with Crippen LogP contribution in [0.15, 0.2) is 42.5 Å². The molecule has 2 aromatic rings. The molecular formula is C20H18ClNO3. The van der Waals surface area contributed by atoms with Gasteiger partial charge in [-0.05, 0) is 47.9 Å². The fourth-order valence-corrected chi connectivity index (χ4v) is 2.34. The third-order valence-corrected chi connectivity index (χ3v) is 3.70. The molecule has 2 aromatic carbocycles. The fraction of sp³-hybridized carbons (Fsp3) is 0.200. The molecule has 0 aromatic heterocycles. The van der Waals surface area contributed by atoms with Crippen molar-refractivity contribution in [2.24, 2.45) is 0 Å². The number of nitriles is 1. The zero-order chi connectivity index (χ0) is 18.2. The van der Waals surface area contributed by atoms with Crippen LogP contribution in [0.1, 0.15) is 30.9 Å². The lowest BCUT2D eigenvalue weighted by atomic mass is 10.0. The van der Waals surface area contributed by atoms with Gasteiger partial charge in [0.25, 0.3) is 0 Å². The van der Waals surface area contributed by atoms with Crippen LogP contribution in [-0.4, -0.2) is 13.1 Å². The predicted octanol–water partition coefficient (Wildman–Crippen LogP) is 5.12. The monoisotopic (exact) mass is 355 g/mol. The molecule has 0 radical (unpaired) electrons.